The fraction of sp³-hybridized carbons (Fsp3) is 0.500. The summed E-state index contributed by atoms with van der Waals surface area (Å²) in [6.45, 7) is 4.49. The summed E-state index contributed by atoms with van der Waals surface area (Å²) < 4.78 is 0. The average Bonchev–Trinajstić information content (AvgIpc) is 2.41. The standard InChI is InChI=1S/C14H20Cl2N2O/c1-3-9(2)13(17)14(19)18-8-7-10-5-4-6-11(15)12(10)16/h4-6,9,13H,3,7-8,17H2,1-2H3,(H,18,19). The normalized spacial score (nSPS) is 13.9. The second-order valence-corrected chi connectivity index (χ2v) is 5.45. The van der Waals surface area contributed by atoms with Gasteiger partial charge >= 0.3 is 0 Å². The zero-order valence-electron chi connectivity index (χ0n) is 11.2. The van der Waals surface area contributed by atoms with Gasteiger partial charge in [0.05, 0.1) is 16.1 Å². The van der Waals surface area contributed by atoms with E-state index >= 15 is 0 Å². The molecule has 3 nitrogen and oxygen atoms in total. The summed E-state index contributed by atoms with van der Waals surface area (Å²) >= 11 is 12.0. The lowest BCUT2D eigenvalue weighted by Crippen LogP contribution is -2.45. The van der Waals surface area contributed by atoms with Gasteiger partial charge in [-0.05, 0) is 24.0 Å². The van der Waals surface area contributed by atoms with E-state index in [1.807, 2.05) is 26.0 Å². The number of amides is 1. The number of carbonyl (C=O) groups excluding carboxylic acids is 1. The molecule has 2 atom stereocenters. The molecule has 0 bridgehead atoms. The predicted octanol–water partition coefficient (Wildman–Crippen LogP) is 3.03. The molecule has 1 rings (SSSR count). The van der Waals surface area contributed by atoms with Crippen molar-refractivity contribution >= 4 is 29.1 Å². The molecule has 0 saturated carbocycles. The number of nitrogens with one attached hydrogen (secondary N) is 1. The Labute approximate surface area is 124 Å². The fourth-order valence-electron chi connectivity index (χ4n) is 1.69. The second-order valence-electron chi connectivity index (χ2n) is 4.67. The van der Waals surface area contributed by atoms with Crippen LogP contribution in [0.2, 0.25) is 10.0 Å². The Morgan fingerprint density at radius 3 is 2.74 bits per heavy atom. The molecule has 106 valence electrons. The highest BCUT2D eigenvalue weighted by atomic mass is 35.5. The van der Waals surface area contributed by atoms with Crippen LogP contribution in [0.15, 0.2) is 18.2 Å². The van der Waals surface area contributed by atoms with E-state index in [9.17, 15) is 4.79 Å². The van der Waals surface area contributed by atoms with Crippen LogP contribution in [-0.4, -0.2) is 18.5 Å². The summed E-state index contributed by atoms with van der Waals surface area (Å²) in [6, 6.07) is 5.02. The summed E-state index contributed by atoms with van der Waals surface area (Å²) in [5.41, 5.74) is 6.77. The molecule has 19 heavy (non-hydrogen) atoms. The number of nitrogens with two attached hydrogens (primary N) is 1. The van der Waals surface area contributed by atoms with Gasteiger partial charge in [0.1, 0.15) is 0 Å². The van der Waals surface area contributed by atoms with Crippen LogP contribution >= 0.6 is 23.2 Å². The molecule has 0 fully saturated rings. The zero-order chi connectivity index (χ0) is 14.4. The van der Waals surface area contributed by atoms with Crippen LogP contribution in [0, 0.1) is 5.92 Å². The number of halogens is 2. The lowest BCUT2D eigenvalue weighted by atomic mass is 9.99. The minimum Gasteiger partial charge on any atom is -0.354 e. The first kappa shape index (κ1) is 16.3. The summed E-state index contributed by atoms with van der Waals surface area (Å²) in [4.78, 5) is 11.8. The van der Waals surface area contributed by atoms with E-state index in [-0.39, 0.29) is 11.8 Å². The van der Waals surface area contributed by atoms with Crippen molar-refractivity contribution in [2.45, 2.75) is 32.7 Å². The molecule has 5 heteroatoms. The van der Waals surface area contributed by atoms with Gasteiger partial charge in [-0.2, -0.15) is 0 Å². The Bertz CT molecular complexity index is 437. The van der Waals surface area contributed by atoms with Crippen molar-refractivity contribution in [1.29, 1.82) is 0 Å². The van der Waals surface area contributed by atoms with Crippen molar-refractivity contribution in [3.8, 4) is 0 Å². The van der Waals surface area contributed by atoms with E-state index in [0.29, 0.717) is 23.0 Å². The molecule has 0 aliphatic rings. The molecule has 0 spiro atoms. The molecule has 0 aliphatic heterocycles. The largest absolute Gasteiger partial charge is 0.354 e. The summed E-state index contributed by atoms with van der Waals surface area (Å²) in [7, 11) is 0. The van der Waals surface area contributed by atoms with Gasteiger partial charge < -0.3 is 11.1 Å². The van der Waals surface area contributed by atoms with Gasteiger partial charge in [0.25, 0.3) is 0 Å². The number of carbonyl (C=O) groups is 1. The molecule has 0 saturated heterocycles. The summed E-state index contributed by atoms with van der Waals surface area (Å²) in [6.07, 6.45) is 1.52. The first-order chi connectivity index (χ1) is 8.97. The fourth-order valence-corrected chi connectivity index (χ4v) is 2.11. The lowest BCUT2D eigenvalue weighted by Gasteiger charge is -2.17. The van der Waals surface area contributed by atoms with E-state index < -0.39 is 6.04 Å². The van der Waals surface area contributed by atoms with Crippen molar-refractivity contribution in [3.63, 3.8) is 0 Å². The van der Waals surface area contributed by atoms with E-state index in [4.69, 9.17) is 28.9 Å². The quantitative estimate of drug-likeness (QED) is 0.848. The number of benzene rings is 1. The van der Waals surface area contributed by atoms with Gasteiger partial charge in [-0.15, -0.1) is 0 Å². The molecular formula is C14H20Cl2N2O. The summed E-state index contributed by atoms with van der Waals surface area (Å²) in [5, 5.41) is 3.90. The highest BCUT2D eigenvalue weighted by molar-refractivity contribution is 6.42. The van der Waals surface area contributed by atoms with Crippen molar-refractivity contribution < 1.29 is 4.79 Å². The van der Waals surface area contributed by atoms with Crippen molar-refractivity contribution in [2.75, 3.05) is 6.54 Å². The minimum absolute atomic E-state index is 0.118. The average molecular weight is 303 g/mol. The topological polar surface area (TPSA) is 55.1 Å². The molecule has 1 amide bonds. The molecule has 1 aromatic carbocycles. The van der Waals surface area contributed by atoms with Crippen molar-refractivity contribution in [2.24, 2.45) is 11.7 Å². The third-order valence-electron chi connectivity index (χ3n) is 3.28. The van der Waals surface area contributed by atoms with E-state index in [2.05, 4.69) is 5.32 Å². The van der Waals surface area contributed by atoms with Crippen LogP contribution in [-0.2, 0) is 11.2 Å². The Balaban J connectivity index is 2.46. The molecule has 2 unspecified atom stereocenters. The van der Waals surface area contributed by atoms with Gasteiger partial charge in [-0.25, -0.2) is 0 Å². The first-order valence-electron chi connectivity index (χ1n) is 6.43. The van der Waals surface area contributed by atoms with Crippen LogP contribution in [0.1, 0.15) is 25.8 Å². The van der Waals surface area contributed by atoms with Gasteiger partial charge in [-0.1, -0.05) is 55.6 Å². The Hall–Kier alpha value is -0.770. The van der Waals surface area contributed by atoms with Crippen LogP contribution in [0.5, 0.6) is 0 Å². The van der Waals surface area contributed by atoms with Crippen LogP contribution in [0.3, 0.4) is 0 Å². The highest BCUT2D eigenvalue weighted by Crippen LogP contribution is 2.25. The van der Waals surface area contributed by atoms with Crippen LogP contribution < -0.4 is 11.1 Å². The SMILES string of the molecule is CCC(C)C(N)C(=O)NCCc1cccc(Cl)c1Cl. The molecule has 0 aliphatic carbocycles. The zero-order valence-corrected chi connectivity index (χ0v) is 12.8. The number of hydrogen-bond donors (Lipinski definition) is 2. The predicted molar refractivity (Wildman–Crippen MR) is 80.6 cm³/mol. The third-order valence-corrected chi connectivity index (χ3v) is 4.14. The van der Waals surface area contributed by atoms with E-state index in [1.165, 1.54) is 0 Å². The Kier molecular flexibility index (Phi) is 6.63. The van der Waals surface area contributed by atoms with Crippen molar-refractivity contribution in [1.82, 2.24) is 5.32 Å². The number of hydrogen-bond acceptors (Lipinski definition) is 2. The van der Waals surface area contributed by atoms with E-state index in [1.54, 1.807) is 6.07 Å². The maximum atomic E-state index is 11.8. The van der Waals surface area contributed by atoms with Gasteiger partial charge in [0.2, 0.25) is 5.91 Å². The monoisotopic (exact) mass is 302 g/mol. The van der Waals surface area contributed by atoms with Gasteiger partial charge in [0.15, 0.2) is 0 Å². The van der Waals surface area contributed by atoms with Crippen molar-refractivity contribution in [3.05, 3.63) is 33.8 Å². The maximum Gasteiger partial charge on any atom is 0.237 e. The molecule has 0 aromatic heterocycles. The van der Waals surface area contributed by atoms with Gasteiger partial charge in [-0.3, -0.25) is 4.79 Å². The molecule has 0 radical (unpaired) electrons. The second kappa shape index (κ2) is 7.73. The maximum absolute atomic E-state index is 11.8. The number of rotatable bonds is 6. The third kappa shape index (κ3) is 4.68. The van der Waals surface area contributed by atoms with Crippen LogP contribution in [0.4, 0.5) is 0 Å². The smallest absolute Gasteiger partial charge is 0.237 e. The lowest BCUT2D eigenvalue weighted by molar-refractivity contribution is -0.123. The van der Waals surface area contributed by atoms with Crippen LogP contribution in [0.25, 0.3) is 0 Å². The molecular weight excluding hydrogens is 283 g/mol. The Morgan fingerprint density at radius 2 is 2.11 bits per heavy atom. The highest BCUT2D eigenvalue weighted by Gasteiger charge is 2.18. The first-order valence-corrected chi connectivity index (χ1v) is 7.19. The molecule has 0 heterocycles. The molecule has 1 aromatic rings. The minimum atomic E-state index is -0.458. The summed E-state index contributed by atoms with van der Waals surface area (Å²) in [5.74, 6) is 0.0576. The van der Waals surface area contributed by atoms with Gasteiger partial charge in [0, 0.05) is 6.54 Å². The Morgan fingerprint density at radius 1 is 1.42 bits per heavy atom. The molecule has 3 N–H and O–H groups in total. The van der Waals surface area contributed by atoms with E-state index in [0.717, 1.165) is 12.0 Å².